The lowest BCUT2D eigenvalue weighted by atomic mass is 10.1. The fraction of sp³-hybridized carbons (Fsp3) is 0.400. The number of carbonyl (C=O) groups excluding carboxylic acids is 3. The summed E-state index contributed by atoms with van der Waals surface area (Å²) in [5.41, 5.74) is 3.15. The monoisotopic (exact) mass is 435 g/mol. The molecule has 0 aromatic heterocycles. The number of carbonyl (C=O) groups is 3. The molecule has 168 valence electrons. The van der Waals surface area contributed by atoms with Crippen molar-refractivity contribution in [3.8, 4) is 0 Å². The summed E-state index contributed by atoms with van der Waals surface area (Å²) in [7, 11) is 0. The molecule has 0 N–H and O–H groups in total. The predicted molar refractivity (Wildman–Crippen MR) is 119 cm³/mol. The molecule has 2 aromatic carbocycles. The van der Waals surface area contributed by atoms with E-state index in [4.69, 9.17) is 4.74 Å². The Morgan fingerprint density at radius 1 is 1.00 bits per heavy atom. The van der Waals surface area contributed by atoms with Crippen molar-refractivity contribution in [1.29, 1.82) is 0 Å². The first-order valence-electron chi connectivity index (χ1n) is 11.0. The van der Waals surface area contributed by atoms with Crippen molar-refractivity contribution < 1.29 is 19.1 Å². The molecule has 0 radical (unpaired) electrons. The first-order valence-corrected chi connectivity index (χ1v) is 11.0. The molecule has 1 atom stereocenters. The molecule has 0 bridgehead atoms. The van der Waals surface area contributed by atoms with Crippen molar-refractivity contribution in [2.24, 2.45) is 0 Å². The van der Waals surface area contributed by atoms with Crippen LogP contribution in [0.2, 0.25) is 0 Å². The van der Waals surface area contributed by atoms with E-state index in [0.717, 1.165) is 16.7 Å². The van der Waals surface area contributed by atoms with Crippen LogP contribution in [0.15, 0.2) is 54.6 Å². The van der Waals surface area contributed by atoms with E-state index < -0.39 is 6.04 Å². The van der Waals surface area contributed by atoms with Gasteiger partial charge in [0.15, 0.2) is 0 Å². The van der Waals surface area contributed by atoms with Crippen LogP contribution in [0.1, 0.15) is 23.1 Å². The minimum absolute atomic E-state index is 0.0130. The summed E-state index contributed by atoms with van der Waals surface area (Å²) in [6.45, 7) is 4.10. The standard InChI is InChI=1S/C25H29N3O4/c1-19-6-5-9-21(14-19)15-27-16-23(29)28-13-12-26(11-10-22(28)25(27)31)24(30)18-32-17-20-7-3-2-4-8-20/h2-9,14,22H,10-13,15-18H2,1H3. The van der Waals surface area contributed by atoms with Gasteiger partial charge in [0.05, 0.1) is 6.61 Å². The van der Waals surface area contributed by atoms with E-state index >= 15 is 0 Å². The van der Waals surface area contributed by atoms with Crippen molar-refractivity contribution in [1.82, 2.24) is 14.7 Å². The van der Waals surface area contributed by atoms with Crippen LogP contribution in [0.25, 0.3) is 0 Å². The van der Waals surface area contributed by atoms with Crippen LogP contribution in [0.5, 0.6) is 0 Å². The van der Waals surface area contributed by atoms with E-state index in [9.17, 15) is 14.4 Å². The van der Waals surface area contributed by atoms with Crippen molar-refractivity contribution in [2.45, 2.75) is 32.5 Å². The second kappa shape index (κ2) is 9.96. The third-order valence-electron chi connectivity index (χ3n) is 6.05. The van der Waals surface area contributed by atoms with Gasteiger partial charge < -0.3 is 19.4 Å². The summed E-state index contributed by atoms with van der Waals surface area (Å²) in [6.07, 6.45) is 0.444. The van der Waals surface area contributed by atoms with Gasteiger partial charge in [-0.15, -0.1) is 0 Å². The van der Waals surface area contributed by atoms with Gasteiger partial charge in [-0.3, -0.25) is 14.4 Å². The van der Waals surface area contributed by atoms with Gasteiger partial charge in [-0.1, -0.05) is 60.2 Å². The van der Waals surface area contributed by atoms with Gasteiger partial charge in [0.25, 0.3) is 0 Å². The summed E-state index contributed by atoms with van der Waals surface area (Å²) in [5.74, 6) is -0.213. The fourth-order valence-electron chi connectivity index (χ4n) is 4.36. The summed E-state index contributed by atoms with van der Waals surface area (Å²) in [4.78, 5) is 43.6. The smallest absolute Gasteiger partial charge is 0.248 e. The SMILES string of the molecule is Cc1cccc(CN2CC(=O)N3CCN(C(=O)COCc4ccccc4)CCC3C2=O)c1. The average molecular weight is 436 g/mol. The van der Waals surface area contributed by atoms with Crippen molar-refractivity contribution >= 4 is 17.7 Å². The van der Waals surface area contributed by atoms with E-state index in [-0.39, 0.29) is 30.9 Å². The molecule has 32 heavy (non-hydrogen) atoms. The number of nitrogens with zero attached hydrogens (tertiary/aromatic N) is 3. The van der Waals surface area contributed by atoms with Gasteiger partial charge in [-0.25, -0.2) is 0 Å². The number of piperazine rings is 1. The molecule has 7 nitrogen and oxygen atoms in total. The quantitative estimate of drug-likeness (QED) is 0.696. The molecule has 2 aromatic rings. The minimum atomic E-state index is -0.510. The van der Waals surface area contributed by atoms with Crippen LogP contribution >= 0.6 is 0 Å². The second-order valence-corrected chi connectivity index (χ2v) is 8.43. The Morgan fingerprint density at radius 3 is 2.56 bits per heavy atom. The van der Waals surface area contributed by atoms with Crippen LogP contribution in [-0.4, -0.2) is 71.2 Å². The number of amides is 3. The third-order valence-corrected chi connectivity index (χ3v) is 6.05. The van der Waals surface area contributed by atoms with Crippen molar-refractivity contribution in [3.05, 3.63) is 71.3 Å². The van der Waals surface area contributed by atoms with Gasteiger partial charge in [0, 0.05) is 26.2 Å². The summed E-state index contributed by atoms with van der Waals surface area (Å²) >= 11 is 0. The Hall–Kier alpha value is -3.19. The fourth-order valence-corrected chi connectivity index (χ4v) is 4.36. The zero-order valence-electron chi connectivity index (χ0n) is 18.4. The van der Waals surface area contributed by atoms with Crippen molar-refractivity contribution in [3.63, 3.8) is 0 Å². The molecule has 2 fully saturated rings. The zero-order valence-corrected chi connectivity index (χ0v) is 18.4. The van der Waals surface area contributed by atoms with E-state index in [2.05, 4.69) is 0 Å². The van der Waals surface area contributed by atoms with E-state index in [0.29, 0.717) is 39.2 Å². The summed E-state index contributed by atoms with van der Waals surface area (Å²) in [5, 5.41) is 0. The second-order valence-electron chi connectivity index (χ2n) is 8.43. The molecule has 0 aliphatic carbocycles. The molecule has 0 saturated carbocycles. The predicted octanol–water partition coefficient (Wildman–Crippen LogP) is 1.98. The summed E-state index contributed by atoms with van der Waals surface area (Å²) in [6, 6.07) is 17.2. The molecule has 2 aliphatic rings. The molecule has 2 heterocycles. The zero-order chi connectivity index (χ0) is 22.5. The number of benzene rings is 2. The lowest BCUT2D eigenvalue weighted by molar-refractivity contribution is -0.156. The summed E-state index contributed by atoms with van der Waals surface area (Å²) < 4.78 is 5.58. The molecule has 2 saturated heterocycles. The first kappa shape index (κ1) is 22.0. The van der Waals surface area contributed by atoms with Crippen LogP contribution in [-0.2, 0) is 32.3 Å². The number of fused-ring (bicyclic) bond motifs is 1. The van der Waals surface area contributed by atoms with Gasteiger partial charge in [-0.05, 0) is 24.5 Å². The topological polar surface area (TPSA) is 70.2 Å². The highest BCUT2D eigenvalue weighted by atomic mass is 16.5. The maximum absolute atomic E-state index is 13.2. The van der Waals surface area contributed by atoms with Crippen LogP contribution in [0.3, 0.4) is 0 Å². The van der Waals surface area contributed by atoms with Crippen LogP contribution < -0.4 is 0 Å². The lowest BCUT2D eigenvalue weighted by Crippen LogP contribution is -2.59. The molecule has 1 unspecified atom stereocenters. The molecule has 3 amide bonds. The van der Waals surface area contributed by atoms with Crippen LogP contribution in [0, 0.1) is 6.92 Å². The number of aryl methyl sites for hydroxylation is 1. The Morgan fingerprint density at radius 2 is 1.78 bits per heavy atom. The van der Waals surface area contributed by atoms with E-state index in [1.165, 1.54) is 0 Å². The van der Waals surface area contributed by atoms with Crippen molar-refractivity contribution in [2.75, 3.05) is 32.8 Å². The lowest BCUT2D eigenvalue weighted by Gasteiger charge is -2.39. The normalized spacial score (nSPS) is 19.0. The Kier molecular flexibility index (Phi) is 6.85. The Bertz CT molecular complexity index is 978. The highest BCUT2D eigenvalue weighted by molar-refractivity contribution is 5.95. The van der Waals surface area contributed by atoms with E-state index in [1.54, 1.807) is 14.7 Å². The molecule has 0 spiro atoms. The molecule has 2 aliphatic heterocycles. The minimum Gasteiger partial charge on any atom is -0.367 e. The molecular formula is C25H29N3O4. The average Bonchev–Trinajstić information content (AvgIpc) is 3.02. The maximum Gasteiger partial charge on any atom is 0.248 e. The molecular weight excluding hydrogens is 406 g/mol. The van der Waals surface area contributed by atoms with Gasteiger partial charge in [0.2, 0.25) is 17.7 Å². The number of hydrogen-bond acceptors (Lipinski definition) is 4. The number of ether oxygens (including phenoxy) is 1. The largest absolute Gasteiger partial charge is 0.367 e. The number of rotatable bonds is 6. The van der Waals surface area contributed by atoms with Crippen LogP contribution in [0.4, 0.5) is 0 Å². The Labute approximate surface area is 188 Å². The van der Waals surface area contributed by atoms with Gasteiger partial charge >= 0.3 is 0 Å². The number of hydrogen-bond donors (Lipinski definition) is 0. The molecule has 4 rings (SSSR count). The highest BCUT2D eigenvalue weighted by Gasteiger charge is 2.41. The van der Waals surface area contributed by atoms with Gasteiger partial charge in [0.1, 0.15) is 19.2 Å². The third kappa shape index (κ3) is 5.16. The highest BCUT2D eigenvalue weighted by Crippen LogP contribution is 2.21. The Balaban J connectivity index is 1.34. The van der Waals surface area contributed by atoms with Gasteiger partial charge in [-0.2, -0.15) is 0 Å². The maximum atomic E-state index is 13.2. The van der Waals surface area contributed by atoms with E-state index in [1.807, 2.05) is 61.5 Å². The molecule has 7 heteroatoms. The first-order chi connectivity index (χ1) is 15.5.